The Bertz CT molecular complexity index is 3300. The molecule has 0 fully saturated rings. The van der Waals surface area contributed by atoms with Crippen LogP contribution in [0.1, 0.15) is 99.2 Å². The number of carbonyl (C=O) groups is 1. The molecule has 0 aliphatic rings. The van der Waals surface area contributed by atoms with E-state index in [-0.39, 0.29) is 89.4 Å². The van der Waals surface area contributed by atoms with Crippen molar-refractivity contribution in [1.29, 1.82) is 0 Å². The van der Waals surface area contributed by atoms with Gasteiger partial charge in [-0.1, -0.05) is 48.5 Å². The van der Waals surface area contributed by atoms with Crippen molar-refractivity contribution in [2.45, 2.75) is 83.8 Å². The summed E-state index contributed by atoms with van der Waals surface area (Å²) in [5.74, 6) is 0. The van der Waals surface area contributed by atoms with Crippen molar-refractivity contribution < 1.29 is 127 Å². The van der Waals surface area contributed by atoms with Gasteiger partial charge in [0, 0.05) is 110 Å². The number of nitrogens with one attached hydrogen (secondary N) is 3. The molecule has 35 nitrogen and oxygen atoms in total. The zero-order valence-corrected chi connectivity index (χ0v) is 72.7. The van der Waals surface area contributed by atoms with Crippen LogP contribution in [0.15, 0.2) is 97.1 Å². The molecule has 0 saturated heterocycles. The Kier molecular flexibility index (Phi) is 52.9. The summed E-state index contributed by atoms with van der Waals surface area (Å²) in [6.07, 6.45) is 0.757. The van der Waals surface area contributed by atoms with Gasteiger partial charge in [-0.2, -0.15) is 5.06 Å². The third kappa shape index (κ3) is 37.2. The largest absolute Gasteiger partial charge is 0.437 e. The minimum Gasteiger partial charge on any atom is -0.437 e. The molecule has 0 unspecified atom stereocenters. The van der Waals surface area contributed by atoms with Crippen molar-refractivity contribution in [1.82, 2.24) is 20.5 Å². The first-order chi connectivity index (χ1) is 49.9. The molecule has 620 valence electrons. The van der Waals surface area contributed by atoms with Crippen LogP contribution in [0.5, 0.6) is 0 Å². The van der Waals surface area contributed by atoms with Gasteiger partial charge >= 0.3 is 67.8 Å². The van der Waals surface area contributed by atoms with Crippen molar-refractivity contribution in [2.75, 3.05) is 182 Å². The van der Waals surface area contributed by atoms with E-state index in [9.17, 15) is 41.3 Å². The van der Waals surface area contributed by atoms with Gasteiger partial charge in [0.05, 0.1) is 52.9 Å². The number of hydrogen-bond donors (Lipinski definition) is 12. The number of aldehydes is 1. The van der Waals surface area contributed by atoms with Crippen molar-refractivity contribution in [3.05, 3.63) is 119 Å². The summed E-state index contributed by atoms with van der Waals surface area (Å²) in [6.45, 7) is 21.1. The lowest BCUT2D eigenvalue weighted by molar-refractivity contribution is -0.117. The smallest absolute Gasteiger partial charge is 0.376 e. The monoisotopic (exact) mass is 1710 g/mol. The summed E-state index contributed by atoms with van der Waals surface area (Å²) in [7, 11) is -15.7. The highest BCUT2D eigenvalue weighted by Crippen LogP contribution is 2.80. The zero-order valence-electron chi connectivity index (χ0n) is 64.7. The van der Waals surface area contributed by atoms with Crippen molar-refractivity contribution in [3.63, 3.8) is 0 Å². The molecule has 2 radical (unpaired) electrons. The first-order valence-corrected chi connectivity index (χ1v) is 47.2. The van der Waals surface area contributed by atoms with Gasteiger partial charge in [-0.3, -0.25) is 36.5 Å². The molecule has 4 rings (SSSR count). The van der Waals surface area contributed by atoms with Crippen molar-refractivity contribution in [2.24, 2.45) is 0 Å². The molecule has 0 amide bonds. The molecule has 108 heavy (non-hydrogen) atoms. The molecule has 0 heterocycles. The maximum atomic E-state index is 13.8. The number of likely N-dealkylation sites (N-methyl/N-ethyl adjacent to an activating group) is 7. The molecule has 0 atom stereocenters. The Morgan fingerprint density at radius 1 is 0.417 bits per heavy atom. The summed E-state index contributed by atoms with van der Waals surface area (Å²) >= 11 is 0. The predicted octanol–water partition coefficient (Wildman–Crippen LogP) is 10.9. The number of halogens is 1. The first-order valence-electron chi connectivity index (χ1n) is 34.1. The second-order valence-corrected chi connectivity index (χ2v) is 39.7. The lowest BCUT2D eigenvalue weighted by Gasteiger charge is -2.32. The van der Waals surface area contributed by atoms with E-state index in [4.69, 9.17) is 93.0 Å². The van der Waals surface area contributed by atoms with E-state index in [1.807, 2.05) is 69.1 Å². The van der Waals surface area contributed by atoms with Gasteiger partial charge in [-0.05, 0) is 154 Å². The quantitative estimate of drug-likeness (QED) is 0.00846. The van der Waals surface area contributed by atoms with Gasteiger partial charge < -0.3 is 125 Å². The Morgan fingerprint density at radius 3 is 0.852 bits per heavy atom. The average Bonchev–Trinajstić information content (AvgIpc) is 0.769. The topological polar surface area (TPSA) is 471 Å². The summed E-state index contributed by atoms with van der Waals surface area (Å²) < 4.78 is 144. The molecule has 0 aliphatic carbocycles. The fourth-order valence-corrected chi connectivity index (χ4v) is 25.8. The van der Waals surface area contributed by atoms with Gasteiger partial charge in [0.25, 0.3) is 0 Å². The standard InChI is InChI=1S/C20H37BN2O7P2.C16H29NO6P2.2C11H20N2O6P2.C4H10BNO2.ClH/c1-7-27-31(24,28-8-2)20(32(25,29-9-3)30-10-4)18-11-13-19(14-12-18)22(5)15-16-23(6)26-17-21;1-6-20-24(18,21-7-2)16(25(19,22-8-3)23-9-4)14-10-12-15(17-5)13-11-14;2*1-12-7-8-13(2)10-5-3-9(4-6-10)11(20(14,15)16)21(17,18)19;1-5(8)6(2)3-4-7;/h11-14,20H,7-10,15-17H2,1-6H3;10-13,16-17H,6-9H2,1-5H3;2*3-6,11-12H,7-8H2,1-2H3,(H2,14,15,16)(H2,17,18,19);4,8H,3H2,1-2H3;1H. The second-order valence-electron chi connectivity index (χ2n) is 22.9. The zero-order chi connectivity index (χ0) is 82.2. The fraction of sp³-hybridized carbons (Fsp3) is 0.597. The van der Waals surface area contributed by atoms with Gasteiger partial charge in [0.1, 0.15) is 14.1 Å². The summed E-state index contributed by atoms with van der Waals surface area (Å²) in [6, 6.07) is 25.9. The molecule has 0 aliphatic heterocycles. The van der Waals surface area contributed by atoms with Crippen LogP contribution in [0.4, 0.5) is 22.7 Å². The highest BCUT2D eigenvalue weighted by Gasteiger charge is 2.54. The predicted molar refractivity (Wildman–Crippen MR) is 430 cm³/mol. The minimum absolute atomic E-state index is 0. The molecule has 12 N–H and O–H groups in total. The number of nitrogens with zero attached hydrogens (tertiary/aromatic N) is 5. The lowest BCUT2D eigenvalue weighted by atomic mass is 9.86. The number of anilines is 4. The molecule has 0 bridgehead atoms. The highest BCUT2D eigenvalue weighted by atomic mass is 35.5. The molecule has 0 aromatic heterocycles. The Balaban J connectivity index is 0. The molecule has 0 spiro atoms. The summed E-state index contributed by atoms with van der Waals surface area (Å²) in [5.41, 5.74) is 4.21. The third-order valence-corrected chi connectivity index (χ3v) is 34.1. The molecule has 0 saturated carbocycles. The van der Waals surface area contributed by atoms with Crippen LogP contribution < -0.4 is 30.7 Å². The van der Waals surface area contributed by atoms with E-state index in [0.29, 0.717) is 24.2 Å². The van der Waals surface area contributed by atoms with Gasteiger partial charge in [0.2, 0.25) is 0 Å². The minimum atomic E-state index is -4.96. The lowest BCUT2D eigenvalue weighted by Crippen LogP contribution is -2.34. The highest BCUT2D eigenvalue weighted by molar-refractivity contribution is 7.73. The number of rotatable bonds is 46. The normalized spacial score (nSPS) is 12.3. The molecular formula is C62H117B2ClN8O27P8. The summed E-state index contributed by atoms with van der Waals surface area (Å²) in [5, 5.41) is 12.8. The van der Waals surface area contributed by atoms with E-state index in [2.05, 4.69) is 16.0 Å². The van der Waals surface area contributed by atoms with Crippen molar-refractivity contribution >= 4 is 117 Å². The van der Waals surface area contributed by atoms with E-state index in [1.54, 1.807) is 142 Å². The second kappa shape index (κ2) is 53.3. The molecule has 4 aromatic rings. The molecule has 46 heteroatoms. The Hall–Kier alpha value is -2.87. The maximum Gasteiger partial charge on any atom is 0.376 e. The number of benzene rings is 4. The van der Waals surface area contributed by atoms with Crippen LogP contribution >= 0.6 is 73.2 Å². The number of hydroxylamine groups is 2. The summed E-state index contributed by atoms with van der Waals surface area (Å²) in [4.78, 5) is 95.7. The van der Waals surface area contributed by atoms with Crippen LogP contribution in [0.3, 0.4) is 0 Å². The van der Waals surface area contributed by atoms with E-state index < -0.39 is 89.4 Å². The number of hydrogen-bond acceptors (Lipinski definition) is 27. The third-order valence-electron chi connectivity index (χ3n) is 14.8. The Labute approximate surface area is 645 Å². The number of carbonyl (C=O) groups excluding carboxylic acids is 1. The van der Waals surface area contributed by atoms with Crippen molar-refractivity contribution in [3.8, 4) is 0 Å². The Morgan fingerprint density at radius 2 is 0.657 bits per heavy atom. The molecular weight excluding hydrogens is 1590 g/mol. The first kappa shape index (κ1) is 107. The van der Waals surface area contributed by atoms with Crippen LogP contribution in [-0.2, 0) is 82.3 Å². The fourth-order valence-electron chi connectivity index (χ4n) is 9.62. The van der Waals surface area contributed by atoms with Crippen LogP contribution in [0, 0.1) is 0 Å². The van der Waals surface area contributed by atoms with Gasteiger partial charge in [-0.25, -0.2) is 0 Å². The van der Waals surface area contributed by atoms with E-state index in [1.165, 1.54) is 29.1 Å². The van der Waals surface area contributed by atoms with E-state index in [0.717, 1.165) is 55.2 Å². The van der Waals surface area contributed by atoms with Crippen LogP contribution in [0.25, 0.3) is 0 Å². The van der Waals surface area contributed by atoms with Crippen LogP contribution in [-0.4, -0.2) is 237 Å². The average molecular weight is 1710 g/mol. The SMILES string of the molecule is CB(O)N(C)CC=O.CCOP(=O)(OCC)C(c1ccc(NC)cc1)P(=O)(OCC)OCC.CNCCN(C)c1ccc(C(P(=O)(O)O)P(=O)(O)O)cc1.CNCCN(C)c1ccc(C(P(=O)(O)O)P(=O)(O)O)cc1.Cl.[B]CON(C)CCN(C)c1ccc(C(P(=O)(OCC)OCC)P(=O)(OCC)OCC)cc1. The van der Waals surface area contributed by atoms with Gasteiger partial charge in [-0.15, -0.1) is 12.4 Å². The van der Waals surface area contributed by atoms with Gasteiger partial charge in [0.15, 0.2) is 21.6 Å². The maximum absolute atomic E-state index is 13.8. The van der Waals surface area contributed by atoms with Crippen LogP contribution in [0.2, 0.25) is 6.82 Å². The molecule has 4 aromatic carbocycles. The van der Waals surface area contributed by atoms with E-state index >= 15 is 0 Å².